The molecule has 0 radical (unpaired) electrons. The summed E-state index contributed by atoms with van der Waals surface area (Å²) in [6.45, 7) is 9.04. The monoisotopic (exact) mass is 294 g/mol. The van der Waals surface area contributed by atoms with E-state index in [4.69, 9.17) is 6.57 Å². The van der Waals surface area contributed by atoms with Gasteiger partial charge in [-0.25, -0.2) is 16.5 Å². The molecule has 0 unspecified atom stereocenters. The van der Waals surface area contributed by atoms with Crippen LogP contribution in [0.4, 0.5) is 0 Å². The second kappa shape index (κ2) is 5.24. The zero-order valence-corrected chi connectivity index (χ0v) is 12.3. The fourth-order valence-electron chi connectivity index (χ4n) is 3.89. The van der Waals surface area contributed by atoms with Crippen LogP contribution in [-0.4, -0.2) is 45.4 Å². The lowest BCUT2D eigenvalue weighted by molar-refractivity contribution is 0.0142. The van der Waals surface area contributed by atoms with E-state index >= 15 is 0 Å². The maximum atomic E-state index is 10.6. The first kappa shape index (κ1) is 13.5. The van der Waals surface area contributed by atoms with E-state index in [9.17, 15) is 5.11 Å². The van der Waals surface area contributed by atoms with Crippen molar-refractivity contribution in [2.45, 2.75) is 18.6 Å². The number of aliphatic hydroxyl groups excluding tert-OH is 1. The minimum absolute atomic E-state index is 0.0899. The highest BCUT2D eigenvalue weighted by Crippen LogP contribution is 2.44. The lowest BCUT2D eigenvalue weighted by Gasteiger charge is -2.37. The normalized spacial score (nSPS) is 27.2. The Morgan fingerprint density at radius 3 is 3.09 bits per heavy atom. The first-order valence-electron chi connectivity index (χ1n) is 7.64. The Hall–Kier alpha value is -2.16. The summed E-state index contributed by atoms with van der Waals surface area (Å²) >= 11 is 0. The molecule has 0 saturated carbocycles. The van der Waals surface area contributed by atoms with Gasteiger partial charge in [-0.15, -0.1) is 0 Å². The lowest BCUT2D eigenvalue weighted by Crippen LogP contribution is -2.46. The Balaban J connectivity index is 1.74. The lowest BCUT2D eigenvalue weighted by atomic mass is 9.84. The summed E-state index contributed by atoms with van der Waals surface area (Å²) in [4.78, 5) is 9.93. The average Bonchev–Trinajstić information content (AvgIpc) is 3.10. The van der Waals surface area contributed by atoms with Gasteiger partial charge >= 0.3 is 0 Å². The van der Waals surface area contributed by atoms with E-state index in [1.807, 2.05) is 18.6 Å². The second-order valence-electron chi connectivity index (χ2n) is 6.11. The quantitative estimate of drug-likeness (QED) is 0.862. The number of aliphatic hydroxyl groups is 1. The summed E-state index contributed by atoms with van der Waals surface area (Å²) in [6, 6.07) is 8.47. The van der Waals surface area contributed by atoms with Crippen molar-refractivity contribution in [2.24, 2.45) is 5.92 Å². The molecule has 5 nitrogen and oxygen atoms in total. The maximum Gasteiger partial charge on any atom is 0.270 e. The summed E-state index contributed by atoms with van der Waals surface area (Å²) in [7, 11) is 0. The Bertz CT molecular complexity index is 732. The Morgan fingerprint density at radius 1 is 1.36 bits per heavy atom. The van der Waals surface area contributed by atoms with Crippen LogP contribution < -0.4 is 0 Å². The summed E-state index contributed by atoms with van der Waals surface area (Å²) in [6.07, 6.45) is 4.14. The molecule has 2 aromatic rings. The van der Waals surface area contributed by atoms with Crippen molar-refractivity contribution < 1.29 is 5.11 Å². The van der Waals surface area contributed by atoms with Crippen LogP contribution >= 0.6 is 0 Å². The first-order valence-corrected chi connectivity index (χ1v) is 7.64. The molecule has 3 atom stereocenters. The minimum atomic E-state index is -0.339. The van der Waals surface area contributed by atoms with Gasteiger partial charge in [0.2, 0.25) is 0 Å². The molecule has 2 aliphatic rings. The third-order valence-electron chi connectivity index (χ3n) is 4.90. The number of fused-ring (bicyclic) bond motifs is 3. The van der Waals surface area contributed by atoms with Gasteiger partial charge in [0.05, 0.1) is 30.4 Å². The molecule has 1 N–H and O–H groups in total. The van der Waals surface area contributed by atoms with E-state index in [1.165, 1.54) is 11.1 Å². The van der Waals surface area contributed by atoms with Crippen molar-refractivity contribution in [3.05, 3.63) is 53.8 Å². The maximum absolute atomic E-state index is 10.6. The molecule has 0 bridgehead atoms. The third-order valence-corrected chi connectivity index (χ3v) is 4.90. The number of rotatable bonds is 2. The predicted molar refractivity (Wildman–Crippen MR) is 83.0 cm³/mol. The highest BCUT2D eigenvalue weighted by molar-refractivity contribution is 5.69. The fourth-order valence-corrected chi connectivity index (χ4v) is 3.89. The molecule has 0 spiro atoms. The first-order chi connectivity index (χ1) is 10.8. The van der Waals surface area contributed by atoms with Gasteiger partial charge in [-0.05, 0) is 12.0 Å². The number of benzene rings is 1. The molecule has 1 fully saturated rings. The molecule has 112 valence electrons. The van der Waals surface area contributed by atoms with Crippen molar-refractivity contribution in [1.29, 1.82) is 0 Å². The van der Waals surface area contributed by atoms with Crippen molar-refractivity contribution >= 4 is 0 Å². The summed E-state index contributed by atoms with van der Waals surface area (Å²) < 4.78 is 2.18. The molecule has 1 aromatic heterocycles. The van der Waals surface area contributed by atoms with Crippen molar-refractivity contribution in [3.8, 4) is 11.3 Å². The molecule has 1 aromatic carbocycles. The average molecular weight is 294 g/mol. The summed E-state index contributed by atoms with van der Waals surface area (Å²) in [5.74, 6) is 0.0899. The minimum Gasteiger partial charge on any atom is -0.393 e. The number of nitrogens with zero attached hydrogens (tertiary/aromatic N) is 4. The fraction of sp³-hybridized carbons (Fsp3) is 0.412. The molecular weight excluding hydrogens is 276 g/mol. The van der Waals surface area contributed by atoms with Gasteiger partial charge < -0.3 is 9.67 Å². The largest absolute Gasteiger partial charge is 0.393 e. The molecule has 22 heavy (non-hydrogen) atoms. The van der Waals surface area contributed by atoms with E-state index in [-0.39, 0.29) is 18.1 Å². The van der Waals surface area contributed by atoms with E-state index in [1.54, 1.807) is 0 Å². The molecule has 1 saturated heterocycles. The Morgan fingerprint density at radius 2 is 2.23 bits per heavy atom. The smallest absolute Gasteiger partial charge is 0.270 e. The molecule has 5 heteroatoms. The number of likely N-dealkylation sites (tertiary alicyclic amines) is 1. The molecule has 2 aliphatic heterocycles. The van der Waals surface area contributed by atoms with E-state index in [2.05, 4.69) is 37.5 Å². The van der Waals surface area contributed by atoms with Gasteiger partial charge in [-0.2, -0.15) is 0 Å². The van der Waals surface area contributed by atoms with Crippen LogP contribution in [0, 0.1) is 12.5 Å². The topological polar surface area (TPSA) is 45.6 Å². The van der Waals surface area contributed by atoms with Crippen molar-refractivity contribution in [1.82, 2.24) is 14.5 Å². The van der Waals surface area contributed by atoms with Crippen LogP contribution in [0.5, 0.6) is 0 Å². The van der Waals surface area contributed by atoms with Gasteiger partial charge in [-0.3, -0.25) is 4.85 Å². The molecule has 4 rings (SSSR count). The van der Waals surface area contributed by atoms with Gasteiger partial charge in [0.15, 0.2) is 0 Å². The highest BCUT2D eigenvalue weighted by atomic mass is 16.3. The van der Waals surface area contributed by atoms with Crippen LogP contribution in [-0.2, 0) is 0 Å². The number of hydrogen-bond donors (Lipinski definition) is 1. The molecule has 3 heterocycles. The van der Waals surface area contributed by atoms with Crippen molar-refractivity contribution in [3.63, 3.8) is 0 Å². The zero-order chi connectivity index (χ0) is 15.1. The van der Waals surface area contributed by atoms with Crippen LogP contribution in [0.2, 0.25) is 0 Å². The number of aromatic nitrogens is 2. The van der Waals surface area contributed by atoms with Crippen LogP contribution in [0.25, 0.3) is 16.1 Å². The van der Waals surface area contributed by atoms with Crippen LogP contribution in [0.3, 0.4) is 0 Å². The number of piperidine rings is 1. The predicted octanol–water partition coefficient (Wildman–Crippen LogP) is 2.01. The molecule has 0 aliphatic carbocycles. The highest BCUT2D eigenvalue weighted by Gasteiger charge is 2.40. The number of hydrogen-bond acceptors (Lipinski definition) is 3. The van der Waals surface area contributed by atoms with Crippen molar-refractivity contribution in [2.75, 3.05) is 19.8 Å². The Labute approximate surface area is 129 Å². The van der Waals surface area contributed by atoms with Crippen LogP contribution in [0.1, 0.15) is 18.0 Å². The van der Waals surface area contributed by atoms with Crippen LogP contribution in [0.15, 0.2) is 36.8 Å². The van der Waals surface area contributed by atoms with E-state index < -0.39 is 0 Å². The van der Waals surface area contributed by atoms with Gasteiger partial charge in [0.1, 0.15) is 0 Å². The van der Waals surface area contributed by atoms with Gasteiger partial charge in [0.25, 0.3) is 6.67 Å². The summed E-state index contributed by atoms with van der Waals surface area (Å²) in [5.41, 5.74) is 3.59. The number of imidazole rings is 1. The molecule has 0 amide bonds. The second-order valence-corrected chi connectivity index (χ2v) is 6.11. The van der Waals surface area contributed by atoms with Gasteiger partial charge in [-0.1, -0.05) is 24.3 Å². The zero-order valence-electron chi connectivity index (χ0n) is 12.3. The van der Waals surface area contributed by atoms with Gasteiger partial charge in [0, 0.05) is 24.6 Å². The SMILES string of the molecule is [C-]#[N+]CN1CC[C@@H](O)[C@H]([C@H]2c3ccccc3-c3cncn32)C1. The Kier molecular flexibility index (Phi) is 3.21. The standard InChI is InChI=1S/C17H18N4O/c1-18-10-20-7-6-16(22)14(9-20)17-13-5-3-2-4-12(13)15-8-19-11-21(15)17/h2-5,8,11,14,16-17,22H,6-7,9-10H2/t14-,16-,17-/m1/s1. The van der Waals surface area contributed by atoms with E-state index in [0.717, 1.165) is 25.2 Å². The summed E-state index contributed by atoms with van der Waals surface area (Å²) in [5, 5.41) is 10.6. The van der Waals surface area contributed by atoms with E-state index in [0.29, 0.717) is 6.67 Å². The molecular formula is C17H18N4O. The third kappa shape index (κ3) is 1.96.